The second-order valence-electron chi connectivity index (χ2n) is 7.09. The van der Waals surface area contributed by atoms with Crippen molar-refractivity contribution in [2.24, 2.45) is 11.8 Å². The molecule has 1 N–H and O–H groups in total. The van der Waals surface area contributed by atoms with E-state index in [-0.39, 0.29) is 5.82 Å². The summed E-state index contributed by atoms with van der Waals surface area (Å²) in [5.41, 5.74) is 1.89. The maximum Gasteiger partial charge on any atom is 0.129 e. The zero-order chi connectivity index (χ0) is 15.4. The number of nitrogens with zero attached hydrogens (tertiary/aromatic N) is 1. The molecule has 0 aromatic heterocycles. The number of benzene rings is 1. The van der Waals surface area contributed by atoms with Crippen LogP contribution in [0.1, 0.15) is 46.1 Å². The summed E-state index contributed by atoms with van der Waals surface area (Å²) in [7, 11) is 0. The molecule has 3 heteroatoms. The van der Waals surface area contributed by atoms with Gasteiger partial charge in [-0.15, -0.1) is 0 Å². The summed E-state index contributed by atoms with van der Waals surface area (Å²) in [6.07, 6.45) is 2.46. The Morgan fingerprint density at radius 3 is 2.29 bits per heavy atom. The molecule has 0 amide bonds. The van der Waals surface area contributed by atoms with Crippen molar-refractivity contribution in [2.45, 2.75) is 53.1 Å². The van der Waals surface area contributed by atoms with Gasteiger partial charge in [0.2, 0.25) is 0 Å². The molecule has 118 valence electrons. The summed E-state index contributed by atoms with van der Waals surface area (Å²) < 4.78 is 14.3. The van der Waals surface area contributed by atoms with Gasteiger partial charge in [-0.05, 0) is 36.8 Å². The fourth-order valence-electron chi connectivity index (χ4n) is 2.71. The third-order valence-electron chi connectivity index (χ3n) is 3.75. The zero-order valence-corrected chi connectivity index (χ0v) is 13.8. The van der Waals surface area contributed by atoms with Gasteiger partial charge < -0.3 is 10.2 Å². The van der Waals surface area contributed by atoms with Gasteiger partial charge in [-0.2, -0.15) is 0 Å². The molecule has 0 aliphatic heterocycles. The average molecular weight is 292 g/mol. The van der Waals surface area contributed by atoms with E-state index < -0.39 is 0 Å². The highest BCUT2D eigenvalue weighted by molar-refractivity contribution is 5.54. The molecule has 21 heavy (non-hydrogen) atoms. The molecule has 0 atom stereocenters. The fourth-order valence-corrected chi connectivity index (χ4v) is 2.71. The molecule has 1 aliphatic rings. The molecule has 0 unspecified atom stereocenters. The topological polar surface area (TPSA) is 15.3 Å². The van der Waals surface area contributed by atoms with E-state index in [9.17, 15) is 4.39 Å². The normalized spacial score (nSPS) is 15.0. The summed E-state index contributed by atoms with van der Waals surface area (Å²) >= 11 is 0. The molecule has 1 aromatic carbocycles. The maximum atomic E-state index is 14.3. The number of nitrogens with one attached hydrogen (secondary N) is 1. The summed E-state index contributed by atoms with van der Waals surface area (Å²) in [6.45, 7) is 11.4. The van der Waals surface area contributed by atoms with Gasteiger partial charge >= 0.3 is 0 Å². The third-order valence-corrected chi connectivity index (χ3v) is 3.75. The fraction of sp³-hybridized carbons (Fsp3) is 0.667. The first-order valence-electron chi connectivity index (χ1n) is 8.23. The zero-order valence-electron chi connectivity index (χ0n) is 13.8. The van der Waals surface area contributed by atoms with Crippen molar-refractivity contribution in [3.05, 3.63) is 29.6 Å². The van der Waals surface area contributed by atoms with Crippen molar-refractivity contribution in [3.8, 4) is 0 Å². The predicted molar refractivity (Wildman–Crippen MR) is 88.2 cm³/mol. The van der Waals surface area contributed by atoms with E-state index >= 15 is 0 Å². The van der Waals surface area contributed by atoms with E-state index in [1.54, 1.807) is 6.07 Å². The lowest BCUT2D eigenvalue weighted by molar-refractivity contribution is 0.542. The van der Waals surface area contributed by atoms with Crippen molar-refractivity contribution in [1.82, 2.24) is 5.32 Å². The first-order chi connectivity index (χ1) is 9.97. The van der Waals surface area contributed by atoms with E-state index in [0.717, 1.165) is 24.3 Å². The quantitative estimate of drug-likeness (QED) is 0.772. The lowest BCUT2D eigenvalue weighted by Gasteiger charge is -2.30. The minimum atomic E-state index is -0.0850. The Labute approximate surface area is 128 Å². The summed E-state index contributed by atoms with van der Waals surface area (Å²) in [4.78, 5) is 2.35. The van der Waals surface area contributed by atoms with E-state index in [4.69, 9.17) is 0 Å². The molecule has 0 bridgehead atoms. The van der Waals surface area contributed by atoms with Crippen LogP contribution in [0.2, 0.25) is 0 Å². The van der Waals surface area contributed by atoms with Gasteiger partial charge in [0.1, 0.15) is 5.82 Å². The summed E-state index contributed by atoms with van der Waals surface area (Å²) in [5.74, 6) is 1.05. The molecule has 1 saturated carbocycles. The van der Waals surface area contributed by atoms with Crippen LogP contribution in [0.4, 0.5) is 10.1 Å². The van der Waals surface area contributed by atoms with Gasteiger partial charge in [0.25, 0.3) is 0 Å². The molecule has 2 rings (SSSR count). The van der Waals surface area contributed by atoms with Crippen molar-refractivity contribution >= 4 is 5.69 Å². The van der Waals surface area contributed by atoms with E-state index in [1.807, 2.05) is 6.07 Å². The van der Waals surface area contributed by atoms with Gasteiger partial charge in [-0.3, -0.25) is 0 Å². The first kappa shape index (κ1) is 16.3. The Bertz CT molecular complexity index is 443. The molecular weight excluding hydrogens is 263 g/mol. The second kappa shape index (κ2) is 7.26. The van der Waals surface area contributed by atoms with Crippen molar-refractivity contribution in [3.63, 3.8) is 0 Å². The Balaban J connectivity index is 2.21. The van der Waals surface area contributed by atoms with Crippen LogP contribution in [0, 0.1) is 17.7 Å². The van der Waals surface area contributed by atoms with Crippen molar-refractivity contribution in [1.29, 1.82) is 0 Å². The van der Waals surface area contributed by atoms with Crippen LogP contribution in [-0.2, 0) is 6.54 Å². The number of halogens is 1. The van der Waals surface area contributed by atoms with Crippen LogP contribution in [0.5, 0.6) is 0 Å². The molecule has 0 radical (unpaired) electrons. The van der Waals surface area contributed by atoms with Gasteiger partial charge in [0.15, 0.2) is 0 Å². The Hall–Kier alpha value is -1.09. The molecule has 2 nitrogen and oxygen atoms in total. The number of hydrogen-bond donors (Lipinski definition) is 1. The molecular formula is C18H29FN2. The minimum absolute atomic E-state index is 0.0850. The molecule has 1 fully saturated rings. The lowest BCUT2D eigenvalue weighted by Crippen LogP contribution is -2.33. The summed E-state index contributed by atoms with van der Waals surface area (Å²) in [6, 6.07) is 6.08. The number of hydrogen-bond acceptors (Lipinski definition) is 2. The molecule has 1 aliphatic carbocycles. The largest absolute Gasteiger partial charge is 0.371 e. The Morgan fingerprint density at radius 2 is 1.76 bits per heavy atom. The standard InChI is InChI=1S/C18H29FN2/c1-13(2)11-21(12-14(3)4)18-7-5-6-17(19)16(18)10-20-15-8-9-15/h5-7,13-15,20H,8-12H2,1-4H3. The van der Waals surface area contributed by atoms with Gasteiger partial charge in [-0.1, -0.05) is 33.8 Å². The minimum Gasteiger partial charge on any atom is -0.371 e. The Morgan fingerprint density at radius 1 is 1.14 bits per heavy atom. The third kappa shape index (κ3) is 4.99. The van der Waals surface area contributed by atoms with E-state index in [1.165, 1.54) is 12.8 Å². The van der Waals surface area contributed by atoms with Gasteiger partial charge in [0, 0.05) is 36.9 Å². The van der Waals surface area contributed by atoms with Crippen molar-refractivity contribution < 1.29 is 4.39 Å². The molecule has 1 aromatic rings. The first-order valence-corrected chi connectivity index (χ1v) is 8.23. The van der Waals surface area contributed by atoms with Crippen LogP contribution in [0.25, 0.3) is 0 Å². The number of anilines is 1. The summed E-state index contributed by atoms with van der Waals surface area (Å²) in [5, 5.41) is 3.45. The smallest absolute Gasteiger partial charge is 0.129 e. The monoisotopic (exact) mass is 292 g/mol. The lowest BCUT2D eigenvalue weighted by atomic mass is 10.1. The van der Waals surface area contributed by atoms with E-state index in [0.29, 0.717) is 24.4 Å². The highest BCUT2D eigenvalue weighted by Gasteiger charge is 2.22. The van der Waals surface area contributed by atoms with Crippen molar-refractivity contribution in [2.75, 3.05) is 18.0 Å². The SMILES string of the molecule is CC(C)CN(CC(C)C)c1cccc(F)c1CNC1CC1. The molecule has 0 heterocycles. The molecule has 0 saturated heterocycles. The maximum absolute atomic E-state index is 14.3. The Kier molecular flexibility index (Phi) is 5.63. The average Bonchev–Trinajstić information content (AvgIpc) is 3.19. The van der Waals surface area contributed by atoms with Crippen LogP contribution < -0.4 is 10.2 Å². The van der Waals surface area contributed by atoms with Gasteiger partial charge in [-0.25, -0.2) is 4.39 Å². The predicted octanol–water partition coefficient (Wildman–Crippen LogP) is 4.20. The number of rotatable bonds is 8. The second-order valence-corrected chi connectivity index (χ2v) is 7.09. The van der Waals surface area contributed by atoms with Crippen LogP contribution >= 0.6 is 0 Å². The molecule has 0 spiro atoms. The van der Waals surface area contributed by atoms with Crippen LogP contribution in [0.15, 0.2) is 18.2 Å². The highest BCUT2D eigenvalue weighted by Crippen LogP contribution is 2.27. The van der Waals surface area contributed by atoms with Crippen LogP contribution in [0.3, 0.4) is 0 Å². The van der Waals surface area contributed by atoms with Gasteiger partial charge in [0.05, 0.1) is 0 Å². The van der Waals surface area contributed by atoms with Crippen LogP contribution in [-0.4, -0.2) is 19.1 Å². The highest BCUT2D eigenvalue weighted by atomic mass is 19.1. The van der Waals surface area contributed by atoms with E-state index in [2.05, 4.69) is 44.0 Å².